The fourth-order valence-electron chi connectivity index (χ4n) is 2.21. The molecule has 0 saturated carbocycles. The Morgan fingerprint density at radius 2 is 1.67 bits per heavy atom. The number of nitrogens with zero attached hydrogens (tertiary/aromatic N) is 1. The van der Waals surface area contributed by atoms with Gasteiger partial charge in [-0.2, -0.15) is 0 Å². The molecule has 0 aromatic heterocycles. The van der Waals surface area contributed by atoms with Crippen LogP contribution < -0.4 is 0 Å². The molecular weight excluding hydrogens is 342 g/mol. The molecule has 2 nitrogen and oxygen atoms in total. The largest absolute Gasteiger partial charge is 0.299 e. The topological polar surface area (TPSA) is 29.4 Å². The molecule has 0 heterocycles. The maximum atomic E-state index is 14.0. The van der Waals surface area contributed by atoms with Crippen LogP contribution in [0.15, 0.2) is 41.4 Å². The molecule has 0 saturated heterocycles. The van der Waals surface area contributed by atoms with Crippen LogP contribution in [0.2, 0.25) is 0 Å². The Morgan fingerprint density at radius 3 is 2.17 bits per heavy atom. The summed E-state index contributed by atoms with van der Waals surface area (Å²) in [5.74, 6) is -5.35. The normalized spacial score (nSPS) is 13.0. The molecular formula is C17H13F4NOS. The quantitative estimate of drug-likeness (QED) is 0.438. The van der Waals surface area contributed by atoms with Crippen molar-refractivity contribution in [2.75, 3.05) is 6.26 Å². The van der Waals surface area contributed by atoms with Crippen LogP contribution >= 0.6 is 11.8 Å². The molecule has 24 heavy (non-hydrogen) atoms. The number of rotatable bonds is 4. The SMILES string of the molecule is CSC(=Nc1ccc(F)cc1F)C(C(C)=O)c1c(F)cccc1F. The van der Waals surface area contributed by atoms with Crippen molar-refractivity contribution < 1.29 is 22.4 Å². The predicted molar refractivity (Wildman–Crippen MR) is 86.7 cm³/mol. The molecule has 0 fully saturated rings. The van der Waals surface area contributed by atoms with Crippen LogP contribution in [-0.2, 0) is 4.79 Å². The van der Waals surface area contributed by atoms with E-state index >= 15 is 0 Å². The zero-order valence-electron chi connectivity index (χ0n) is 12.8. The number of Topliss-reactive ketones (excluding diaryl/α,β-unsaturated/α-hetero) is 1. The van der Waals surface area contributed by atoms with Crippen LogP contribution in [0.1, 0.15) is 18.4 Å². The molecule has 0 N–H and O–H groups in total. The average Bonchev–Trinajstić information content (AvgIpc) is 2.51. The highest BCUT2D eigenvalue weighted by Gasteiger charge is 2.29. The summed E-state index contributed by atoms with van der Waals surface area (Å²) in [5, 5.41) is 0.0111. The number of carbonyl (C=O) groups excluding carboxylic acids is 1. The second-order valence-corrected chi connectivity index (χ2v) is 5.76. The second kappa shape index (κ2) is 7.61. The van der Waals surface area contributed by atoms with Crippen molar-refractivity contribution in [3.8, 4) is 0 Å². The van der Waals surface area contributed by atoms with Gasteiger partial charge in [0.25, 0.3) is 0 Å². The fourth-order valence-corrected chi connectivity index (χ4v) is 2.91. The van der Waals surface area contributed by atoms with Gasteiger partial charge in [-0.25, -0.2) is 22.6 Å². The van der Waals surface area contributed by atoms with Crippen molar-refractivity contribution in [2.45, 2.75) is 12.8 Å². The summed E-state index contributed by atoms with van der Waals surface area (Å²) < 4.78 is 54.9. The van der Waals surface area contributed by atoms with Crippen molar-refractivity contribution in [3.05, 3.63) is 65.2 Å². The van der Waals surface area contributed by atoms with E-state index in [1.165, 1.54) is 13.0 Å². The molecule has 1 unspecified atom stereocenters. The van der Waals surface area contributed by atoms with Gasteiger partial charge in [-0.05, 0) is 37.4 Å². The Kier molecular flexibility index (Phi) is 5.77. The lowest BCUT2D eigenvalue weighted by Gasteiger charge is -2.17. The van der Waals surface area contributed by atoms with Gasteiger partial charge in [0, 0.05) is 11.6 Å². The minimum absolute atomic E-state index is 0.0111. The van der Waals surface area contributed by atoms with E-state index in [2.05, 4.69) is 4.99 Å². The maximum Gasteiger partial charge on any atom is 0.151 e. The Morgan fingerprint density at radius 1 is 1.04 bits per heavy atom. The minimum Gasteiger partial charge on any atom is -0.299 e. The third-order valence-electron chi connectivity index (χ3n) is 3.29. The summed E-state index contributed by atoms with van der Waals surface area (Å²) in [6.45, 7) is 1.17. The number of carbonyl (C=O) groups is 1. The molecule has 126 valence electrons. The van der Waals surface area contributed by atoms with E-state index in [-0.39, 0.29) is 10.7 Å². The first-order valence-corrected chi connectivity index (χ1v) is 8.09. The lowest BCUT2D eigenvalue weighted by molar-refractivity contribution is -0.117. The van der Waals surface area contributed by atoms with Crippen molar-refractivity contribution >= 4 is 28.3 Å². The van der Waals surface area contributed by atoms with E-state index in [0.29, 0.717) is 6.07 Å². The summed E-state index contributed by atoms with van der Waals surface area (Å²) in [6, 6.07) is 5.99. The first-order valence-electron chi connectivity index (χ1n) is 6.87. The van der Waals surface area contributed by atoms with Crippen LogP contribution in [0.5, 0.6) is 0 Å². The van der Waals surface area contributed by atoms with Crippen molar-refractivity contribution in [1.82, 2.24) is 0 Å². The summed E-state index contributed by atoms with van der Waals surface area (Å²) in [4.78, 5) is 16.0. The van der Waals surface area contributed by atoms with E-state index in [9.17, 15) is 22.4 Å². The zero-order chi connectivity index (χ0) is 17.9. The third kappa shape index (κ3) is 3.84. The molecule has 2 aromatic carbocycles. The molecule has 0 bridgehead atoms. The standard InChI is InChI=1S/C17H13F4NOS/c1-9(23)15(16-11(19)4-3-5-12(16)20)17(24-2)22-14-7-6-10(18)8-13(14)21/h3-8,15H,1-2H3. The van der Waals surface area contributed by atoms with Crippen molar-refractivity contribution in [2.24, 2.45) is 4.99 Å². The van der Waals surface area contributed by atoms with E-state index in [1.54, 1.807) is 6.26 Å². The van der Waals surface area contributed by atoms with Gasteiger partial charge in [0.1, 0.15) is 23.2 Å². The van der Waals surface area contributed by atoms with Crippen LogP contribution in [0.25, 0.3) is 0 Å². The van der Waals surface area contributed by atoms with E-state index in [1.807, 2.05) is 0 Å². The van der Waals surface area contributed by atoms with Gasteiger partial charge in [-0.15, -0.1) is 11.8 Å². The Balaban J connectivity index is 2.60. The van der Waals surface area contributed by atoms with Crippen LogP contribution in [-0.4, -0.2) is 17.1 Å². The monoisotopic (exact) mass is 355 g/mol. The van der Waals surface area contributed by atoms with Crippen LogP contribution in [0.4, 0.5) is 23.2 Å². The van der Waals surface area contributed by atoms with Gasteiger partial charge in [0.05, 0.1) is 16.6 Å². The zero-order valence-corrected chi connectivity index (χ0v) is 13.6. The summed E-state index contributed by atoms with van der Waals surface area (Å²) in [5.41, 5.74) is -0.663. The number of aliphatic imine (C=N–C) groups is 1. The van der Waals surface area contributed by atoms with Crippen molar-refractivity contribution in [3.63, 3.8) is 0 Å². The molecule has 1 atom stereocenters. The van der Waals surface area contributed by atoms with Gasteiger partial charge in [-0.1, -0.05) is 6.07 Å². The van der Waals surface area contributed by atoms with Gasteiger partial charge >= 0.3 is 0 Å². The average molecular weight is 355 g/mol. The summed E-state index contributed by atoms with van der Waals surface area (Å²) in [6.07, 6.45) is 1.55. The van der Waals surface area contributed by atoms with Gasteiger partial charge < -0.3 is 0 Å². The van der Waals surface area contributed by atoms with E-state index < -0.39 is 40.5 Å². The molecule has 0 aliphatic rings. The molecule has 0 radical (unpaired) electrons. The van der Waals surface area contributed by atoms with E-state index in [0.717, 1.165) is 36.0 Å². The highest BCUT2D eigenvalue weighted by atomic mass is 32.2. The number of hydrogen-bond acceptors (Lipinski definition) is 3. The molecule has 2 rings (SSSR count). The highest BCUT2D eigenvalue weighted by Crippen LogP contribution is 2.31. The molecule has 7 heteroatoms. The number of thioether (sulfide) groups is 1. The van der Waals surface area contributed by atoms with E-state index in [4.69, 9.17) is 0 Å². The molecule has 0 aliphatic carbocycles. The third-order valence-corrected chi connectivity index (χ3v) is 4.04. The number of ketones is 1. The van der Waals surface area contributed by atoms with Crippen LogP contribution in [0, 0.1) is 23.3 Å². The number of benzene rings is 2. The minimum atomic E-state index is -1.31. The van der Waals surface area contributed by atoms with Gasteiger partial charge in [0.15, 0.2) is 5.82 Å². The fraction of sp³-hybridized carbons (Fsp3) is 0.176. The highest BCUT2D eigenvalue weighted by molar-refractivity contribution is 8.13. The molecule has 0 aliphatic heterocycles. The second-order valence-electron chi connectivity index (χ2n) is 4.93. The predicted octanol–water partition coefficient (Wildman–Crippen LogP) is 5.01. The van der Waals surface area contributed by atoms with Gasteiger partial charge in [0.2, 0.25) is 0 Å². The molecule has 0 amide bonds. The Bertz CT molecular complexity index is 787. The molecule has 0 spiro atoms. The first-order chi connectivity index (χ1) is 11.3. The lowest BCUT2D eigenvalue weighted by atomic mass is 9.95. The summed E-state index contributed by atoms with van der Waals surface area (Å²) >= 11 is 0.962. The summed E-state index contributed by atoms with van der Waals surface area (Å²) in [7, 11) is 0. The molecule has 2 aromatic rings. The van der Waals surface area contributed by atoms with Crippen molar-refractivity contribution in [1.29, 1.82) is 0 Å². The smallest absolute Gasteiger partial charge is 0.151 e. The van der Waals surface area contributed by atoms with Crippen LogP contribution in [0.3, 0.4) is 0 Å². The maximum absolute atomic E-state index is 14.0. The first kappa shape index (κ1) is 18.2. The Labute approximate surface area is 140 Å². The lowest BCUT2D eigenvalue weighted by Crippen LogP contribution is -2.20. The van der Waals surface area contributed by atoms with Gasteiger partial charge in [-0.3, -0.25) is 4.79 Å². The number of halogens is 4. The number of hydrogen-bond donors (Lipinski definition) is 0. The Hall–Kier alpha value is -2.15.